The normalized spacial score (nSPS) is 36.9. The molecular formula is C11H22P2. The van der Waals surface area contributed by atoms with Crippen molar-refractivity contribution < 1.29 is 0 Å². The van der Waals surface area contributed by atoms with Crippen molar-refractivity contribution in [1.82, 2.24) is 0 Å². The maximum Gasteiger partial charge on any atom is -0.0323 e. The Morgan fingerprint density at radius 3 is 1.08 bits per heavy atom. The van der Waals surface area contributed by atoms with Crippen LogP contribution in [0.1, 0.15) is 32.1 Å². The van der Waals surface area contributed by atoms with Crippen molar-refractivity contribution in [3.63, 3.8) is 0 Å². The summed E-state index contributed by atoms with van der Waals surface area (Å²) in [6.45, 7) is 0. The molecule has 0 atom stereocenters. The molecule has 0 N–H and O–H groups in total. The molecule has 0 nitrogen and oxygen atoms in total. The Bertz CT molecular complexity index is 119. The van der Waals surface area contributed by atoms with Crippen LogP contribution in [-0.2, 0) is 0 Å². The zero-order chi connectivity index (χ0) is 8.93. The van der Waals surface area contributed by atoms with Gasteiger partial charge >= 0.3 is 0 Å². The van der Waals surface area contributed by atoms with Gasteiger partial charge < -0.3 is 0 Å². The lowest BCUT2D eigenvalue weighted by Gasteiger charge is -2.17. The van der Waals surface area contributed by atoms with Gasteiger partial charge in [0.2, 0.25) is 0 Å². The third-order valence-corrected chi connectivity index (χ3v) is 9.04. The summed E-state index contributed by atoms with van der Waals surface area (Å²) in [5, 5.41) is 0. The summed E-state index contributed by atoms with van der Waals surface area (Å²) in [6, 6.07) is 0. The summed E-state index contributed by atoms with van der Waals surface area (Å²) in [5.74, 6) is 0. The number of rotatable bonds is 0. The minimum absolute atomic E-state index is 0.499. The van der Waals surface area contributed by atoms with Crippen molar-refractivity contribution in [1.29, 1.82) is 0 Å². The molecule has 0 radical (unpaired) electrons. The lowest BCUT2D eigenvalue weighted by molar-refractivity contribution is 0.854. The van der Waals surface area contributed by atoms with E-state index >= 15 is 0 Å². The molecular weight excluding hydrogens is 194 g/mol. The highest BCUT2D eigenvalue weighted by Gasteiger charge is 2.16. The van der Waals surface area contributed by atoms with Crippen LogP contribution in [0.3, 0.4) is 0 Å². The zero-order valence-corrected chi connectivity index (χ0v) is 10.5. The van der Waals surface area contributed by atoms with Gasteiger partial charge in [-0.25, -0.2) is 0 Å². The Morgan fingerprint density at radius 2 is 0.692 bits per heavy atom. The van der Waals surface area contributed by atoms with E-state index in [4.69, 9.17) is 0 Å². The molecule has 2 fully saturated rings. The van der Waals surface area contributed by atoms with Crippen LogP contribution in [-0.4, -0.2) is 37.0 Å². The average Bonchev–Trinajstić information content (AvgIpc) is 2.33. The lowest BCUT2D eigenvalue weighted by atomic mass is 10.4. The summed E-state index contributed by atoms with van der Waals surface area (Å²) in [4.78, 5) is 0. The minimum Gasteiger partial charge on any atom is -0.107 e. The molecule has 0 aromatic rings. The molecule has 2 bridgehead atoms. The molecule has 2 heteroatoms. The minimum atomic E-state index is 0.499. The number of fused-ring (bicyclic) bond motifs is 4. The van der Waals surface area contributed by atoms with Crippen molar-refractivity contribution in [3.05, 3.63) is 0 Å². The van der Waals surface area contributed by atoms with E-state index in [1.165, 1.54) is 0 Å². The van der Waals surface area contributed by atoms with E-state index in [1.54, 1.807) is 69.1 Å². The smallest absolute Gasteiger partial charge is 0.0323 e. The molecule has 2 aliphatic heterocycles. The fraction of sp³-hybridized carbons (Fsp3) is 1.00. The second kappa shape index (κ2) is 5.67. The fourth-order valence-corrected chi connectivity index (χ4v) is 8.02. The first-order valence-electron chi connectivity index (χ1n) is 5.90. The average molecular weight is 216 g/mol. The first-order chi connectivity index (χ1) is 6.45. The zero-order valence-electron chi connectivity index (χ0n) is 8.67. The van der Waals surface area contributed by atoms with Gasteiger partial charge in [-0.3, -0.25) is 0 Å². The standard InChI is InChI=1S/C11H22P2/c1-2-7-13-9-4-3-8-12(6-1)10-5-11-13/h1-11H2. The largest absolute Gasteiger partial charge is 0.107 e. The van der Waals surface area contributed by atoms with E-state index in [1.807, 2.05) is 0 Å². The molecule has 2 saturated heterocycles. The summed E-state index contributed by atoms with van der Waals surface area (Å²) in [6.07, 6.45) is 17.7. The molecule has 0 unspecified atom stereocenters. The molecule has 0 aromatic heterocycles. The van der Waals surface area contributed by atoms with E-state index in [-0.39, 0.29) is 0 Å². The summed E-state index contributed by atoms with van der Waals surface area (Å²) < 4.78 is 0. The van der Waals surface area contributed by atoms with E-state index in [9.17, 15) is 0 Å². The third kappa shape index (κ3) is 3.49. The van der Waals surface area contributed by atoms with Gasteiger partial charge in [-0.2, -0.15) is 0 Å². The van der Waals surface area contributed by atoms with E-state index < -0.39 is 0 Å². The fourth-order valence-electron chi connectivity index (χ4n) is 2.53. The molecule has 0 aliphatic carbocycles. The van der Waals surface area contributed by atoms with Crippen LogP contribution in [0.2, 0.25) is 0 Å². The Labute approximate surface area is 85.4 Å². The van der Waals surface area contributed by atoms with Crippen LogP contribution < -0.4 is 0 Å². The third-order valence-electron chi connectivity index (χ3n) is 3.35. The SMILES string of the molecule is C1CCP2CCCCP(C1)CCC2. The van der Waals surface area contributed by atoms with Crippen molar-refractivity contribution in [2.45, 2.75) is 32.1 Å². The number of hydrogen-bond acceptors (Lipinski definition) is 0. The van der Waals surface area contributed by atoms with Crippen molar-refractivity contribution in [3.8, 4) is 0 Å². The maximum absolute atomic E-state index is 1.63. The quantitative estimate of drug-likeness (QED) is 0.538. The van der Waals surface area contributed by atoms with Crippen LogP contribution >= 0.6 is 15.8 Å². The molecule has 2 heterocycles. The van der Waals surface area contributed by atoms with Gasteiger partial charge in [0, 0.05) is 0 Å². The second-order valence-corrected chi connectivity index (χ2v) is 9.82. The summed E-state index contributed by atoms with van der Waals surface area (Å²) in [7, 11) is 0.997. The second-order valence-electron chi connectivity index (χ2n) is 4.45. The Balaban J connectivity index is 1.95. The van der Waals surface area contributed by atoms with Gasteiger partial charge in [-0.15, -0.1) is 15.8 Å². The van der Waals surface area contributed by atoms with E-state index in [0.717, 1.165) is 0 Å². The summed E-state index contributed by atoms with van der Waals surface area (Å²) >= 11 is 0. The van der Waals surface area contributed by atoms with Gasteiger partial charge in [0.15, 0.2) is 0 Å². The van der Waals surface area contributed by atoms with Crippen molar-refractivity contribution in [2.75, 3.05) is 37.0 Å². The predicted molar refractivity (Wildman–Crippen MR) is 66.1 cm³/mol. The first kappa shape index (κ1) is 10.4. The first-order valence-corrected chi connectivity index (χ1v) is 9.69. The Kier molecular flexibility index (Phi) is 4.53. The van der Waals surface area contributed by atoms with Crippen LogP contribution in [0, 0.1) is 0 Å². The van der Waals surface area contributed by atoms with Gasteiger partial charge in [-0.1, -0.05) is 0 Å². The highest BCUT2D eigenvalue weighted by molar-refractivity contribution is 7.59. The molecule has 13 heavy (non-hydrogen) atoms. The monoisotopic (exact) mass is 216 g/mol. The van der Waals surface area contributed by atoms with Crippen molar-refractivity contribution in [2.24, 2.45) is 0 Å². The Hall–Kier alpha value is 0.860. The molecule has 2 aliphatic rings. The van der Waals surface area contributed by atoms with Gasteiger partial charge in [-0.05, 0) is 69.1 Å². The molecule has 2 rings (SSSR count). The van der Waals surface area contributed by atoms with E-state index in [0.29, 0.717) is 15.8 Å². The highest BCUT2D eigenvalue weighted by Crippen LogP contribution is 2.47. The van der Waals surface area contributed by atoms with Crippen LogP contribution in [0.4, 0.5) is 0 Å². The van der Waals surface area contributed by atoms with Crippen LogP contribution in [0.5, 0.6) is 0 Å². The van der Waals surface area contributed by atoms with Crippen molar-refractivity contribution >= 4 is 15.8 Å². The maximum atomic E-state index is 1.63. The van der Waals surface area contributed by atoms with E-state index in [2.05, 4.69) is 0 Å². The topological polar surface area (TPSA) is 0 Å². The molecule has 0 spiro atoms. The number of hydrogen-bond donors (Lipinski definition) is 0. The molecule has 0 saturated carbocycles. The van der Waals surface area contributed by atoms with Gasteiger partial charge in [0.1, 0.15) is 0 Å². The lowest BCUT2D eigenvalue weighted by Crippen LogP contribution is -1.97. The highest BCUT2D eigenvalue weighted by atomic mass is 31.1. The molecule has 0 amide bonds. The predicted octanol–water partition coefficient (Wildman–Crippen LogP) is 3.93. The van der Waals surface area contributed by atoms with Crippen LogP contribution in [0.15, 0.2) is 0 Å². The Morgan fingerprint density at radius 1 is 0.385 bits per heavy atom. The summed E-state index contributed by atoms with van der Waals surface area (Å²) in [5.41, 5.74) is 0. The molecule has 0 aromatic carbocycles. The van der Waals surface area contributed by atoms with Gasteiger partial charge in [0.05, 0.1) is 0 Å². The molecule has 76 valence electrons. The van der Waals surface area contributed by atoms with Gasteiger partial charge in [0.25, 0.3) is 0 Å². The van der Waals surface area contributed by atoms with Crippen LogP contribution in [0.25, 0.3) is 0 Å².